The van der Waals surface area contributed by atoms with Crippen LogP contribution >= 0.6 is 23.8 Å². The zero-order valence-electron chi connectivity index (χ0n) is 13.4. The van der Waals surface area contributed by atoms with Gasteiger partial charge in [0.15, 0.2) is 10.9 Å². The first kappa shape index (κ1) is 17.8. The predicted octanol–water partition coefficient (Wildman–Crippen LogP) is 4.43. The lowest BCUT2D eigenvalue weighted by Crippen LogP contribution is -2.34. The summed E-state index contributed by atoms with van der Waals surface area (Å²) in [5.41, 5.74) is 1.34. The van der Waals surface area contributed by atoms with Gasteiger partial charge in [-0.2, -0.15) is 0 Å². The van der Waals surface area contributed by atoms with Crippen molar-refractivity contribution in [3.8, 4) is 0 Å². The Morgan fingerprint density at radius 3 is 2.69 bits per heavy atom. The molecule has 0 fully saturated rings. The number of hydrogen-bond acceptors (Lipinski definition) is 5. The Labute approximate surface area is 158 Å². The smallest absolute Gasteiger partial charge is 0.293 e. The average Bonchev–Trinajstić information content (AvgIpc) is 2.94. The lowest BCUT2D eigenvalue weighted by atomic mass is 10.1. The lowest BCUT2D eigenvalue weighted by molar-refractivity contribution is -0.384. The van der Waals surface area contributed by atoms with E-state index in [0.717, 1.165) is 5.39 Å². The van der Waals surface area contributed by atoms with Crippen molar-refractivity contribution in [1.29, 1.82) is 0 Å². The second-order valence-corrected chi connectivity index (χ2v) is 6.20. The number of non-ortho nitro benzene ring substituents is 1. The third kappa shape index (κ3) is 3.51. The number of furan rings is 1. The molecule has 9 heteroatoms. The first-order valence-corrected chi connectivity index (χ1v) is 8.20. The molecule has 1 amide bonds. The highest BCUT2D eigenvalue weighted by molar-refractivity contribution is 7.80. The van der Waals surface area contributed by atoms with E-state index in [0.29, 0.717) is 11.1 Å². The number of para-hydroxylation sites is 1. The molecule has 2 aromatic carbocycles. The molecule has 3 rings (SSSR count). The number of nitrogens with one attached hydrogen (secondary N) is 2. The number of hydrogen-bond donors (Lipinski definition) is 2. The predicted molar refractivity (Wildman–Crippen MR) is 103 cm³/mol. The van der Waals surface area contributed by atoms with E-state index in [9.17, 15) is 14.9 Å². The number of nitrogens with zero attached hydrogens (tertiary/aromatic N) is 1. The van der Waals surface area contributed by atoms with Gasteiger partial charge in [-0.05, 0) is 31.3 Å². The first-order valence-electron chi connectivity index (χ1n) is 7.41. The van der Waals surface area contributed by atoms with Gasteiger partial charge in [0.1, 0.15) is 5.58 Å². The summed E-state index contributed by atoms with van der Waals surface area (Å²) in [7, 11) is 0. The molecular weight excluding hydrogens is 378 g/mol. The van der Waals surface area contributed by atoms with E-state index >= 15 is 0 Å². The lowest BCUT2D eigenvalue weighted by Gasteiger charge is -2.10. The van der Waals surface area contributed by atoms with Crippen LogP contribution < -0.4 is 10.6 Å². The van der Waals surface area contributed by atoms with Crippen LogP contribution in [0.25, 0.3) is 11.0 Å². The monoisotopic (exact) mass is 389 g/mol. The van der Waals surface area contributed by atoms with Gasteiger partial charge in [0.2, 0.25) is 0 Å². The summed E-state index contributed by atoms with van der Waals surface area (Å²) in [5, 5.41) is 17.0. The summed E-state index contributed by atoms with van der Waals surface area (Å²) >= 11 is 11.1. The van der Waals surface area contributed by atoms with Crippen molar-refractivity contribution in [3.05, 3.63) is 68.9 Å². The van der Waals surface area contributed by atoms with Gasteiger partial charge < -0.3 is 9.73 Å². The van der Waals surface area contributed by atoms with Crippen LogP contribution in [-0.2, 0) is 0 Å². The maximum atomic E-state index is 12.4. The Bertz CT molecular complexity index is 1050. The minimum absolute atomic E-state index is 0.0581. The number of fused-ring (bicyclic) bond motifs is 1. The minimum Gasteiger partial charge on any atom is -0.451 e. The molecule has 0 radical (unpaired) electrons. The van der Waals surface area contributed by atoms with Crippen molar-refractivity contribution < 1.29 is 14.1 Å². The number of carbonyl (C=O) groups is 1. The Morgan fingerprint density at radius 1 is 1.27 bits per heavy atom. The second-order valence-electron chi connectivity index (χ2n) is 5.38. The van der Waals surface area contributed by atoms with Crippen LogP contribution in [0.15, 0.2) is 46.9 Å². The van der Waals surface area contributed by atoms with E-state index in [1.807, 2.05) is 18.2 Å². The number of anilines is 1. The Hall–Kier alpha value is -2.97. The molecule has 0 aliphatic carbocycles. The third-order valence-electron chi connectivity index (χ3n) is 3.69. The van der Waals surface area contributed by atoms with Crippen molar-refractivity contribution in [3.63, 3.8) is 0 Å². The highest BCUT2D eigenvalue weighted by Crippen LogP contribution is 2.27. The van der Waals surface area contributed by atoms with Crippen LogP contribution in [0.2, 0.25) is 5.02 Å². The van der Waals surface area contributed by atoms with Crippen LogP contribution in [0.4, 0.5) is 11.4 Å². The molecule has 0 atom stereocenters. The summed E-state index contributed by atoms with van der Waals surface area (Å²) in [4.78, 5) is 22.7. The van der Waals surface area contributed by atoms with Crippen molar-refractivity contribution >= 4 is 57.2 Å². The zero-order chi connectivity index (χ0) is 18.8. The number of nitro groups is 1. The number of nitro benzene ring substituents is 1. The van der Waals surface area contributed by atoms with Crippen molar-refractivity contribution in [2.45, 2.75) is 6.92 Å². The number of halogens is 1. The summed E-state index contributed by atoms with van der Waals surface area (Å²) in [6.45, 7) is 1.77. The topological polar surface area (TPSA) is 97.4 Å². The zero-order valence-corrected chi connectivity index (χ0v) is 15.0. The van der Waals surface area contributed by atoms with E-state index in [1.54, 1.807) is 13.0 Å². The van der Waals surface area contributed by atoms with E-state index < -0.39 is 10.8 Å². The fraction of sp³-hybridized carbons (Fsp3) is 0.0588. The number of thiocarbonyl (C=S) groups is 1. The van der Waals surface area contributed by atoms with Gasteiger partial charge in [0.05, 0.1) is 15.6 Å². The van der Waals surface area contributed by atoms with Gasteiger partial charge in [-0.15, -0.1) is 0 Å². The fourth-order valence-corrected chi connectivity index (χ4v) is 2.79. The standard InChI is InChI=1S/C17H12ClN3O4S/c1-9-11-4-2-3-5-14(11)25-15(9)16(22)20-17(26)19-13-8-10(21(23)24)6-7-12(13)18/h2-8H,1H3,(H2,19,20,22,26). The highest BCUT2D eigenvalue weighted by atomic mass is 35.5. The molecule has 0 saturated carbocycles. The summed E-state index contributed by atoms with van der Waals surface area (Å²) < 4.78 is 5.57. The number of aryl methyl sites for hydroxylation is 1. The molecule has 0 saturated heterocycles. The number of carbonyl (C=O) groups excluding carboxylic acids is 1. The van der Waals surface area contributed by atoms with Crippen LogP contribution in [0.3, 0.4) is 0 Å². The Morgan fingerprint density at radius 2 is 2.00 bits per heavy atom. The molecule has 0 spiro atoms. The molecule has 0 aliphatic rings. The maximum Gasteiger partial charge on any atom is 0.293 e. The molecule has 26 heavy (non-hydrogen) atoms. The summed E-state index contributed by atoms with van der Waals surface area (Å²) in [5.74, 6) is -0.391. The largest absolute Gasteiger partial charge is 0.451 e. The van der Waals surface area contributed by atoms with Crippen molar-refractivity contribution in [2.24, 2.45) is 0 Å². The van der Waals surface area contributed by atoms with Gasteiger partial charge in [-0.1, -0.05) is 29.8 Å². The number of amides is 1. The van der Waals surface area contributed by atoms with E-state index in [4.69, 9.17) is 28.2 Å². The van der Waals surface area contributed by atoms with Crippen molar-refractivity contribution in [1.82, 2.24) is 5.32 Å². The fourth-order valence-electron chi connectivity index (χ4n) is 2.43. The number of rotatable bonds is 3. The van der Waals surface area contributed by atoms with Gasteiger partial charge in [-0.3, -0.25) is 20.2 Å². The Kier molecular flexibility index (Phi) is 4.88. The molecule has 1 aromatic heterocycles. The van der Waals surface area contributed by atoms with Gasteiger partial charge in [0.25, 0.3) is 11.6 Å². The van der Waals surface area contributed by atoms with Gasteiger partial charge in [-0.25, -0.2) is 0 Å². The minimum atomic E-state index is -0.555. The molecule has 2 N–H and O–H groups in total. The first-order chi connectivity index (χ1) is 12.4. The van der Waals surface area contributed by atoms with Gasteiger partial charge in [0, 0.05) is 23.1 Å². The van der Waals surface area contributed by atoms with E-state index in [-0.39, 0.29) is 27.3 Å². The Balaban J connectivity index is 1.77. The maximum absolute atomic E-state index is 12.4. The molecule has 0 aliphatic heterocycles. The van der Waals surface area contributed by atoms with E-state index in [1.165, 1.54) is 18.2 Å². The molecule has 1 heterocycles. The molecule has 0 bridgehead atoms. The number of benzene rings is 2. The highest BCUT2D eigenvalue weighted by Gasteiger charge is 2.19. The SMILES string of the molecule is Cc1c(C(=O)NC(=S)Nc2cc([N+](=O)[O-])ccc2Cl)oc2ccccc12. The molecule has 7 nitrogen and oxygen atoms in total. The van der Waals surface area contributed by atoms with E-state index in [2.05, 4.69) is 10.6 Å². The third-order valence-corrected chi connectivity index (χ3v) is 4.22. The molecule has 3 aromatic rings. The van der Waals surface area contributed by atoms with Crippen molar-refractivity contribution in [2.75, 3.05) is 5.32 Å². The van der Waals surface area contributed by atoms with Crippen LogP contribution in [-0.4, -0.2) is 15.9 Å². The molecular formula is C17H12ClN3O4S. The summed E-state index contributed by atoms with van der Waals surface area (Å²) in [6, 6.07) is 11.1. The van der Waals surface area contributed by atoms with Gasteiger partial charge >= 0.3 is 0 Å². The summed E-state index contributed by atoms with van der Waals surface area (Å²) in [6.07, 6.45) is 0. The quantitative estimate of drug-likeness (QED) is 0.390. The normalized spacial score (nSPS) is 10.5. The van der Waals surface area contributed by atoms with Crippen LogP contribution in [0, 0.1) is 17.0 Å². The molecule has 132 valence electrons. The average molecular weight is 390 g/mol. The second kappa shape index (κ2) is 7.11. The van der Waals surface area contributed by atoms with Crippen LogP contribution in [0.5, 0.6) is 0 Å². The van der Waals surface area contributed by atoms with Crippen LogP contribution in [0.1, 0.15) is 16.1 Å². The molecule has 0 unspecified atom stereocenters.